The molecule has 0 aliphatic carbocycles. The van der Waals surface area contributed by atoms with Gasteiger partial charge in [-0.25, -0.2) is 0 Å². The predicted octanol–water partition coefficient (Wildman–Crippen LogP) is 1.66. The molecule has 0 spiro atoms. The van der Waals surface area contributed by atoms with E-state index in [9.17, 15) is 4.79 Å². The first-order chi connectivity index (χ1) is 9.00. The van der Waals surface area contributed by atoms with E-state index in [-0.39, 0.29) is 5.91 Å². The lowest BCUT2D eigenvalue weighted by molar-refractivity contribution is -0.131. The third-order valence-corrected chi connectivity index (χ3v) is 3.92. The summed E-state index contributed by atoms with van der Waals surface area (Å²) in [5.74, 6) is 0.255. The van der Waals surface area contributed by atoms with Crippen LogP contribution < -0.4 is 5.32 Å². The third kappa shape index (κ3) is 3.00. The monoisotopic (exact) mass is 263 g/mol. The van der Waals surface area contributed by atoms with Gasteiger partial charge in [-0.05, 0) is 39.3 Å². The molecule has 1 fully saturated rings. The standard InChI is InChI=1S/C15H25N3O/c1-11(2)18-12(3)9-14(13(18)4)10-15(19)17-7-5-16-6-8-17/h9,11,16H,5-8,10H2,1-4H3. The van der Waals surface area contributed by atoms with Crippen LogP contribution in [0, 0.1) is 13.8 Å². The molecule has 0 saturated carbocycles. The Kier molecular flexibility index (Phi) is 4.30. The van der Waals surface area contributed by atoms with Crippen molar-refractivity contribution in [3.05, 3.63) is 23.0 Å². The number of carbonyl (C=O) groups is 1. The largest absolute Gasteiger partial charge is 0.346 e. The quantitative estimate of drug-likeness (QED) is 0.900. The minimum Gasteiger partial charge on any atom is -0.346 e. The highest BCUT2D eigenvalue weighted by Crippen LogP contribution is 2.21. The van der Waals surface area contributed by atoms with Crippen molar-refractivity contribution in [2.24, 2.45) is 0 Å². The summed E-state index contributed by atoms with van der Waals surface area (Å²) in [4.78, 5) is 14.3. The molecule has 2 rings (SSSR count). The summed E-state index contributed by atoms with van der Waals surface area (Å²) in [5, 5.41) is 3.27. The van der Waals surface area contributed by atoms with E-state index in [1.165, 1.54) is 17.0 Å². The average Bonchev–Trinajstić information content (AvgIpc) is 2.65. The fourth-order valence-corrected chi connectivity index (χ4v) is 3.01. The van der Waals surface area contributed by atoms with E-state index in [1.54, 1.807) is 0 Å². The number of amides is 1. The van der Waals surface area contributed by atoms with Gasteiger partial charge in [0.15, 0.2) is 0 Å². The molecule has 1 saturated heterocycles. The molecule has 106 valence electrons. The van der Waals surface area contributed by atoms with Gasteiger partial charge in [0.1, 0.15) is 0 Å². The van der Waals surface area contributed by atoms with Gasteiger partial charge in [-0.2, -0.15) is 0 Å². The van der Waals surface area contributed by atoms with Crippen LogP contribution in [-0.2, 0) is 11.2 Å². The molecule has 0 bridgehead atoms. The SMILES string of the molecule is Cc1cc(CC(=O)N2CCNCC2)c(C)n1C(C)C. The van der Waals surface area contributed by atoms with Crippen LogP contribution in [0.2, 0.25) is 0 Å². The van der Waals surface area contributed by atoms with Gasteiger partial charge < -0.3 is 14.8 Å². The van der Waals surface area contributed by atoms with Gasteiger partial charge in [0, 0.05) is 43.6 Å². The van der Waals surface area contributed by atoms with Crippen molar-refractivity contribution < 1.29 is 4.79 Å². The van der Waals surface area contributed by atoms with E-state index in [0.29, 0.717) is 12.5 Å². The number of rotatable bonds is 3. The minimum atomic E-state index is 0.255. The van der Waals surface area contributed by atoms with E-state index in [4.69, 9.17) is 0 Å². The molecule has 0 atom stereocenters. The minimum absolute atomic E-state index is 0.255. The normalized spacial score (nSPS) is 16.2. The van der Waals surface area contributed by atoms with Gasteiger partial charge in [-0.3, -0.25) is 4.79 Å². The smallest absolute Gasteiger partial charge is 0.227 e. The number of hydrogen-bond donors (Lipinski definition) is 1. The zero-order valence-corrected chi connectivity index (χ0v) is 12.5. The lowest BCUT2D eigenvalue weighted by Gasteiger charge is -2.27. The first-order valence-corrected chi connectivity index (χ1v) is 7.16. The van der Waals surface area contributed by atoms with E-state index >= 15 is 0 Å². The highest BCUT2D eigenvalue weighted by atomic mass is 16.2. The summed E-state index contributed by atoms with van der Waals surface area (Å²) in [6, 6.07) is 2.61. The lowest BCUT2D eigenvalue weighted by atomic mass is 10.1. The maximum Gasteiger partial charge on any atom is 0.227 e. The van der Waals surface area contributed by atoms with Crippen LogP contribution in [0.1, 0.15) is 36.8 Å². The number of aryl methyl sites for hydroxylation is 1. The van der Waals surface area contributed by atoms with E-state index in [1.807, 2.05) is 4.90 Å². The van der Waals surface area contributed by atoms with Crippen LogP contribution in [0.3, 0.4) is 0 Å². The Labute approximate surface area is 115 Å². The number of nitrogens with zero attached hydrogens (tertiary/aromatic N) is 2. The Morgan fingerprint density at radius 2 is 1.95 bits per heavy atom. The van der Waals surface area contributed by atoms with Crippen molar-refractivity contribution in [3.8, 4) is 0 Å². The molecular weight excluding hydrogens is 238 g/mol. The zero-order valence-electron chi connectivity index (χ0n) is 12.5. The maximum absolute atomic E-state index is 12.3. The van der Waals surface area contributed by atoms with E-state index in [2.05, 4.69) is 43.6 Å². The topological polar surface area (TPSA) is 37.3 Å². The van der Waals surface area contributed by atoms with E-state index in [0.717, 1.165) is 26.2 Å². The van der Waals surface area contributed by atoms with Crippen LogP contribution >= 0.6 is 0 Å². The number of piperazine rings is 1. The molecule has 1 aromatic heterocycles. The summed E-state index contributed by atoms with van der Waals surface area (Å²) in [5.41, 5.74) is 3.65. The van der Waals surface area contributed by atoms with Gasteiger partial charge in [-0.15, -0.1) is 0 Å². The second kappa shape index (κ2) is 5.78. The third-order valence-electron chi connectivity index (χ3n) is 3.92. The number of carbonyl (C=O) groups excluding carboxylic acids is 1. The van der Waals surface area contributed by atoms with Crippen LogP contribution in [0.5, 0.6) is 0 Å². The molecule has 0 aromatic carbocycles. The van der Waals surface area contributed by atoms with Crippen LogP contribution in [0.15, 0.2) is 6.07 Å². The first-order valence-electron chi connectivity index (χ1n) is 7.16. The van der Waals surface area contributed by atoms with Crippen molar-refractivity contribution in [3.63, 3.8) is 0 Å². The summed E-state index contributed by atoms with van der Waals surface area (Å²) < 4.78 is 2.31. The second-order valence-corrected chi connectivity index (χ2v) is 5.67. The van der Waals surface area contributed by atoms with Gasteiger partial charge >= 0.3 is 0 Å². The lowest BCUT2D eigenvalue weighted by Crippen LogP contribution is -2.46. The molecule has 1 N–H and O–H groups in total. The Morgan fingerprint density at radius 3 is 2.47 bits per heavy atom. The second-order valence-electron chi connectivity index (χ2n) is 5.67. The molecule has 0 unspecified atom stereocenters. The molecule has 2 heterocycles. The van der Waals surface area contributed by atoms with Crippen molar-refractivity contribution in [1.29, 1.82) is 0 Å². The zero-order chi connectivity index (χ0) is 14.0. The summed E-state index contributed by atoms with van der Waals surface area (Å²) >= 11 is 0. The highest BCUT2D eigenvalue weighted by Gasteiger charge is 2.19. The summed E-state index contributed by atoms with van der Waals surface area (Å²) in [6.07, 6.45) is 0.534. The number of aromatic nitrogens is 1. The Hall–Kier alpha value is -1.29. The number of hydrogen-bond acceptors (Lipinski definition) is 2. The van der Waals surface area contributed by atoms with E-state index < -0.39 is 0 Å². The maximum atomic E-state index is 12.3. The van der Waals surface area contributed by atoms with Crippen LogP contribution in [0.25, 0.3) is 0 Å². The molecular formula is C15H25N3O. The Bertz CT molecular complexity index is 456. The molecule has 4 heteroatoms. The summed E-state index contributed by atoms with van der Waals surface area (Å²) in [7, 11) is 0. The Morgan fingerprint density at radius 1 is 1.32 bits per heavy atom. The summed E-state index contributed by atoms with van der Waals surface area (Å²) in [6.45, 7) is 12.1. The molecule has 4 nitrogen and oxygen atoms in total. The molecule has 1 amide bonds. The van der Waals surface area contributed by atoms with Gasteiger partial charge in [-0.1, -0.05) is 0 Å². The highest BCUT2D eigenvalue weighted by molar-refractivity contribution is 5.79. The Balaban J connectivity index is 2.10. The fourth-order valence-electron chi connectivity index (χ4n) is 3.01. The fraction of sp³-hybridized carbons (Fsp3) is 0.667. The number of nitrogens with one attached hydrogen (secondary N) is 1. The van der Waals surface area contributed by atoms with Gasteiger partial charge in [0.05, 0.1) is 6.42 Å². The van der Waals surface area contributed by atoms with Crippen molar-refractivity contribution in [2.75, 3.05) is 26.2 Å². The predicted molar refractivity (Wildman–Crippen MR) is 77.4 cm³/mol. The first kappa shape index (κ1) is 14.1. The molecule has 0 radical (unpaired) electrons. The molecule has 1 aromatic rings. The molecule has 1 aliphatic heterocycles. The van der Waals surface area contributed by atoms with Crippen molar-refractivity contribution in [2.45, 2.75) is 40.2 Å². The molecule has 19 heavy (non-hydrogen) atoms. The van der Waals surface area contributed by atoms with Gasteiger partial charge in [0.2, 0.25) is 5.91 Å². The van der Waals surface area contributed by atoms with Crippen LogP contribution in [0.4, 0.5) is 0 Å². The van der Waals surface area contributed by atoms with Crippen molar-refractivity contribution >= 4 is 5.91 Å². The average molecular weight is 263 g/mol. The van der Waals surface area contributed by atoms with Crippen molar-refractivity contribution in [1.82, 2.24) is 14.8 Å². The molecule has 1 aliphatic rings. The van der Waals surface area contributed by atoms with Crippen LogP contribution in [-0.4, -0.2) is 41.6 Å². The van der Waals surface area contributed by atoms with Gasteiger partial charge in [0.25, 0.3) is 0 Å².